The molecule has 1 aliphatic carbocycles. The highest BCUT2D eigenvalue weighted by molar-refractivity contribution is 5.29. The molecule has 2 nitrogen and oxygen atoms in total. The molecule has 1 aromatic heterocycles. The number of nitrogens with one attached hydrogen (secondary N) is 1. The normalized spacial score (nSPS) is 17.9. The van der Waals surface area contributed by atoms with E-state index in [0.29, 0.717) is 5.92 Å². The Kier molecular flexibility index (Phi) is 2.90. The Labute approximate surface area is 86.1 Å². The molecular weight excluding hydrogens is 172 g/mol. The van der Waals surface area contributed by atoms with Crippen LogP contribution in [-0.4, -0.2) is 10.2 Å². The number of hydrogen-bond acceptors (Lipinski definition) is 1. The van der Waals surface area contributed by atoms with Gasteiger partial charge in [0.1, 0.15) is 0 Å². The van der Waals surface area contributed by atoms with Crippen molar-refractivity contribution in [3.63, 3.8) is 0 Å². The first-order valence-electron chi connectivity index (χ1n) is 5.89. The average molecular weight is 192 g/mol. The van der Waals surface area contributed by atoms with Crippen LogP contribution in [0.15, 0.2) is 0 Å². The van der Waals surface area contributed by atoms with Gasteiger partial charge in [-0.25, -0.2) is 0 Å². The SMILES string of the molecule is CCCC(C)c1n[nH]c2c1CCCC2. The minimum Gasteiger partial charge on any atom is -0.282 e. The fourth-order valence-electron chi connectivity index (χ4n) is 2.48. The van der Waals surface area contributed by atoms with E-state index in [0.717, 1.165) is 0 Å². The lowest BCUT2D eigenvalue weighted by molar-refractivity contribution is 0.628. The van der Waals surface area contributed by atoms with Gasteiger partial charge in [0, 0.05) is 11.6 Å². The summed E-state index contributed by atoms with van der Waals surface area (Å²) in [7, 11) is 0. The number of rotatable bonds is 3. The van der Waals surface area contributed by atoms with Crippen molar-refractivity contribution < 1.29 is 0 Å². The van der Waals surface area contributed by atoms with Gasteiger partial charge < -0.3 is 0 Å². The number of H-pyrrole nitrogens is 1. The summed E-state index contributed by atoms with van der Waals surface area (Å²) in [6.07, 6.45) is 7.64. The number of aryl methyl sites for hydroxylation is 1. The van der Waals surface area contributed by atoms with Gasteiger partial charge in [-0.1, -0.05) is 20.3 Å². The largest absolute Gasteiger partial charge is 0.282 e. The molecule has 1 aliphatic rings. The monoisotopic (exact) mass is 192 g/mol. The predicted molar refractivity (Wildman–Crippen MR) is 58.6 cm³/mol. The highest BCUT2D eigenvalue weighted by atomic mass is 15.1. The maximum atomic E-state index is 4.49. The molecule has 0 spiro atoms. The molecule has 1 heterocycles. The first-order chi connectivity index (χ1) is 6.83. The molecule has 14 heavy (non-hydrogen) atoms. The zero-order chi connectivity index (χ0) is 9.97. The lowest BCUT2D eigenvalue weighted by Crippen LogP contribution is -2.04. The van der Waals surface area contributed by atoms with Gasteiger partial charge in [0.15, 0.2) is 0 Å². The molecule has 0 aromatic carbocycles. The van der Waals surface area contributed by atoms with Crippen molar-refractivity contribution in [2.75, 3.05) is 0 Å². The molecule has 1 aromatic rings. The van der Waals surface area contributed by atoms with E-state index in [-0.39, 0.29) is 0 Å². The first kappa shape index (κ1) is 9.75. The van der Waals surface area contributed by atoms with Crippen molar-refractivity contribution in [1.29, 1.82) is 0 Å². The van der Waals surface area contributed by atoms with Crippen LogP contribution < -0.4 is 0 Å². The standard InChI is InChI=1S/C12H20N2/c1-3-6-9(2)12-10-7-4-5-8-11(10)13-14-12/h9H,3-8H2,1-2H3,(H,13,14). The van der Waals surface area contributed by atoms with E-state index in [1.54, 1.807) is 0 Å². The average Bonchev–Trinajstić information content (AvgIpc) is 2.61. The maximum Gasteiger partial charge on any atom is 0.0685 e. The number of nitrogens with zero attached hydrogens (tertiary/aromatic N) is 1. The molecule has 2 rings (SSSR count). The molecule has 0 saturated carbocycles. The zero-order valence-electron chi connectivity index (χ0n) is 9.27. The van der Waals surface area contributed by atoms with E-state index in [1.807, 2.05) is 0 Å². The molecule has 2 heteroatoms. The molecule has 0 saturated heterocycles. The number of fused-ring (bicyclic) bond motifs is 1. The summed E-state index contributed by atoms with van der Waals surface area (Å²) in [5.41, 5.74) is 4.30. The number of aromatic amines is 1. The van der Waals surface area contributed by atoms with Gasteiger partial charge in [-0.05, 0) is 37.7 Å². The number of aromatic nitrogens is 2. The summed E-state index contributed by atoms with van der Waals surface area (Å²) in [5, 5.41) is 7.71. The summed E-state index contributed by atoms with van der Waals surface area (Å²) in [6.45, 7) is 4.55. The number of hydrogen-bond donors (Lipinski definition) is 1. The summed E-state index contributed by atoms with van der Waals surface area (Å²) >= 11 is 0. The van der Waals surface area contributed by atoms with E-state index < -0.39 is 0 Å². The quantitative estimate of drug-likeness (QED) is 0.782. The van der Waals surface area contributed by atoms with Crippen molar-refractivity contribution in [3.8, 4) is 0 Å². The third kappa shape index (κ3) is 1.70. The van der Waals surface area contributed by atoms with E-state index in [1.165, 1.54) is 55.5 Å². The smallest absolute Gasteiger partial charge is 0.0685 e. The maximum absolute atomic E-state index is 4.49. The molecule has 0 bridgehead atoms. The van der Waals surface area contributed by atoms with Crippen LogP contribution >= 0.6 is 0 Å². The van der Waals surface area contributed by atoms with Crippen molar-refractivity contribution in [2.24, 2.45) is 0 Å². The van der Waals surface area contributed by atoms with Crippen LogP contribution in [0.5, 0.6) is 0 Å². The Balaban J connectivity index is 2.21. The Morgan fingerprint density at radius 1 is 1.36 bits per heavy atom. The van der Waals surface area contributed by atoms with Gasteiger partial charge in [0.05, 0.1) is 5.69 Å². The van der Waals surface area contributed by atoms with Gasteiger partial charge in [0.2, 0.25) is 0 Å². The summed E-state index contributed by atoms with van der Waals surface area (Å²) in [5.74, 6) is 0.637. The van der Waals surface area contributed by atoms with Crippen LogP contribution in [0.3, 0.4) is 0 Å². The predicted octanol–water partition coefficient (Wildman–Crippen LogP) is 3.19. The Morgan fingerprint density at radius 2 is 2.14 bits per heavy atom. The second-order valence-corrected chi connectivity index (χ2v) is 4.46. The van der Waals surface area contributed by atoms with Gasteiger partial charge >= 0.3 is 0 Å². The van der Waals surface area contributed by atoms with Gasteiger partial charge in [0.25, 0.3) is 0 Å². The van der Waals surface area contributed by atoms with E-state index in [4.69, 9.17) is 0 Å². The fraction of sp³-hybridized carbons (Fsp3) is 0.750. The van der Waals surface area contributed by atoms with Gasteiger partial charge in [-0.15, -0.1) is 0 Å². The van der Waals surface area contributed by atoms with Gasteiger partial charge in [-0.2, -0.15) is 5.10 Å². The highest BCUT2D eigenvalue weighted by Crippen LogP contribution is 2.28. The summed E-state index contributed by atoms with van der Waals surface area (Å²) < 4.78 is 0. The molecule has 0 amide bonds. The lowest BCUT2D eigenvalue weighted by atomic mass is 9.90. The van der Waals surface area contributed by atoms with Crippen molar-refractivity contribution in [1.82, 2.24) is 10.2 Å². The Morgan fingerprint density at radius 3 is 2.93 bits per heavy atom. The Hall–Kier alpha value is -0.790. The molecule has 1 atom stereocenters. The highest BCUT2D eigenvalue weighted by Gasteiger charge is 2.19. The summed E-state index contributed by atoms with van der Waals surface area (Å²) in [6, 6.07) is 0. The van der Waals surface area contributed by atoms with E-state index in [2.05, 4.69) is 24.0 Å². The van der Waals surface area contributed by atoms with Crippen molar-refractivity contribution >= 4 is 0 Å². The van der Waals surface area contributed by atoms with Gasteiger partial charge in [-0.3, -0.25) is 5.10 Å². The topological polar surface area (TPSA) is 28.7 Å². The molecular formula is C12H20N2. The fourth-order valence-corrected chi connectivity index (χ4v) is 2.48. The second kappa shape index (κ2) is 4.16. The zero-order valence-corrected chi connectivity index (χ0v) is 9.27. The minimum atomic E-state index is 0.637. The van der Waals surface area contributed by atoms with Crippen LogP contribution in [0.25, 0.3) is 0 Å². The second-order valence-electron chi connectivity index (χ2n) is 4.46. The van der Waals surface area contributed by atoms with Crippen LogP contribution in [-0.2, 0) is 12.8 Å². The van der Waals surface area contributed by atoms with Crippen molar-refractivity contribution in [3.05, 3.63) is 17.0 Å². The van der Waals surface area contributed by atoms with Crippen molar-refractivity contribution in [2.45, 2.75) is 58.3 Å². The summed E-state index contributed by atoms with van der Waals surface area (Å²) in [4.78, 5) is 0. The molecule has 0 radical (unpaired) electrons. The van der Waals surface area contributed by atoms with Crippen LogP contribution in [0, 0.1) is 0 Å². The van der Waals surface area contributed by atoms with Crippen LogP contribution in [0.4, 0.5) is 0 Å². The van der Waals surface area contributed by atoms with E-state index >= 15 is 0 Å². The molecule has 1 N–H and O–H groups in total. The third-order valence-corrected chi connectivity index (χ3v) is 3.28. The third-order valence-electron chi connectivity index (χ3n) is 3.28. The van der Waals surface area contributed by atoms with E-state index in [9.17, 15) is 0 Å². The first-order valence-corrected chi connectivity index (χ1v) is 5.89. The molecule has 0 fully saturated rings. The lowest BCUT2D eigenvalue weighted by Gasteiger charge is -2.14. The molecule has 78 valence electrons. The Bertz CT molecular complexity index is 301. The minimum absolute atomic E-state index is 0.637. The molecule has 1 unspecified atom stereocenters. The van der Waals surface area contributed by atoms with Crippen LogP contribution in [0.1, 0.15) is 62.4 Å². The molecule has 0 aliphatic heterocycles. The van der Waals surface area contributed by atoms with Crippen LogP contribution in [0.2, 0.25) is 0 Å².